The minimum absolute atomic E-state index is 0.108. The van der Waals surface area contributed by atoms with Crippen LogP contribution in [0.3, 0.4) is 0 Å². The molecule has 0 aliphatic carbocycles. The maximum atomic E-state index is 12.5. The molecule has 0 aromatic carbocycles. The molecule has 0 saturated carbocycles. The highest BCUT2D eigenvalue weighted by atomic mass is 16.5. The number of hydrogen-bond acceptors (Lipinski definition) is 4. The predicted molar refractivity (Wildman–Crippen MR) is 82.3 cm³/mol. The second-order valence-electron chi connectivity index (χ2n) is 5.89. The van der Waals surface area contributed by atoms with Crippen molar-refractivity contribution in [2.24, 2.45) is 0 Å². The van der Waals surface area contributed by atoms with Crippen LogP contribution in [-0.2, 0) is 4.74 Å². The first-order chi connectivity index (χ1) is 10.1. The van der Waals surface area contributed by atoms with E-state index >= 15 is 0 Å². The van der Waals surface area contributed by atoms with Crippen LogP contribution in [0.5, 0.6) is 0 Å². The summed E-state index contributed by atoms with van der Waals surface area (Å²) in [5, 5.41) is 0. The number of carbonyl (C=O) groups is 1. The summed E-state index contributed by atoms with van der Waals surface area (Å²) in [6.07, 6.45) is 6.31. The van der Waals surface area contributed by atoms with Crippen molar-refractivity contribution in [1.82, 2.24) is 14.8 Å². The van der Waals surface area contributed by atoms with Crippen LogP contribution in [0.25, 0.3) is 0 Å². The Hall–Kier alpha value is -1.46. The Morgan fingerprint density at radius 3 is 2.48 bits per heavy atom. The van der Waals surface area contributed by atoms with Crippen LogP contribution in [0.4, 0.5) is 0 Å². The van der Waals surface area contributed by atoms with Crippen molar-refractivity contribution >= 4 is 5.91 Å². The fraction of sp³-hybridized carbons (Fsp3) is 0.625. The zero-order valence-corrected chi connectivity index (χ0v) is 13.2. The standard InChI is InChI=1S/C16H25N3O2/c1-18(2)16(8-13-21-3)6-11-19(12-7-16)15(20)14-4-9-17-10-5-14/h4-5,9-10H,6-8,11-13H2,1-3H3. The predicted octanol–water partition coefficient (Wildman–Crippen LogP) is 1.65. The number of piperidine rings is 1. The molecule has 0 spiro atoms. The minimum Gasteiger partial charge on any atom is -0.385 e. The van der Waals surface area contributed by atoms with Gasteiger partial charge in [0.25, 0.3) is 5.91 Å². The van der Waals surface area contributed by atoms with E-state index in [-0.39, 0.29) is 11.4 Å². The van der Waals surface area contributed by atoms with Crippen molar-refractivity contribution in [2.45, 2.75) is 24.8 Å². The average molecular weight is 291 g/mol. The van der Waals surface area contributed by atoms with Gasteiger partial charge in [-0.05, 0) is 45.5 Å². The van der Waals surface area contributed by atoms with Crippen molar-refractivity contribution in [3.8, 4) is 0 Å². The molecule has 0 unspecified atom stereocenters. The molecule has 1 aliphatic heterocycles. The molecule has 1 fully saturated rings. The summed E-state index contributed by atoms with van der Waals surface area (Å²) in [6, 6.07) is 3.56. The average Bonchev–Trinajstić information content (AvgIpc) is 2.53. The van der Waals surface area contributed by atoms with E-state index in [4.69, 9.17) is 4.74 Å². The second-order valence-corrected chi connectivity index (χ2v) is 5.89. The van der Waals surface area contributed by atoms with E-state index in [0.717, 1.165) is 44.5 Å². The first-order valence-corrected chi connectivity index (χ1v) is 7.45. The maximum Gasteiger partial charge on any atom is 0.253 e. The highest BCUT2D eigenvalue weighted by Gasteiger charge is 2.37. The van der Waals surface area contributed by atoms with Gasteiger partial charge in [-0.1, -0.05) is 0 Å². The van der Waals surface area contributed by atoms with Crippen LogP contribution < -0.4 is 0 Å². The van der Waals surface area contributed by atoms with E-state index in [0.29, 0.717) is 0 Å². The molecule has 1 saturated heterocycles. The van der Waals surface area contributed by atoms with E-state index in [9.17, 15) is 4.79 Å². The number of amides is 1. The molecule has 0 N–H and O–H groups in total. The molecule has 116 valence electrons. The lowest BCUT2D eigenvalue weighted by molar-refractivity contribution is 0.0254. The molecule has 1 aliphatic rings. The first kappa shape index (κ1) is 15.9. The van der Waals surface area contributed by atoms with E-state index in [1.165, 1.54) is 0 Å². The number of likely N-dealkylation sites (tertiary alicyclic amines) is 1. The largest absolute Gasteiger partial charge is 0.385 e. The zero-order chi connectivity index (χ0) is 15.3. The van der Waals surface area contributed by atoms with Crippen LogP contribution in [0.1, 0.15) is 29.6 Å². The molecule has 21 heavy (non-hydrogen) atoms. The topological polar surface area (TPSA) is 45.7 Å². The summed E-state index contributed by atoms with van der Waals surface area (Å²) in [7, 11) is 5.98. The Morgan fingerprint density at radius 2 is 1.95 bits per heavy atom. The maximum absolute atomic E-state index is 12.5. The summed E-state index contributed by atoms with van der Waals surface area (Å²) in [4.78, 5) is 20.7. The Morgan fingerprint density at radius 1 is 1.33 bits per heavy atom. The van der Waals surface area contributed by atoms with Crippen LogP contribution in [0.2, 0.25) is 0 Å². The number of nitrogens with zero attached hydrogens (tertiary/aromatic N) is 3. The van der Waals surface area contributed by atoms with E-state index < -0.39 is 0 Å². The van der Waals surface area contributed by atoms with Crippen molar-refractivity contribution in [1.29, 1.82) is 0 Å². The number of pyridine rings is 1. The quantitative estimate of drug-likeness (QED) is 0.827. The molecular formula is C16H25N3O2. The van der Waals surface area contributed by atoms with Crippen molar-refractivity contribution in [3.63, 3.8) is 0 Å². The second kappa shape index (κ2) is 7.00. The molecule has 1 aromatic heterocycles. The zero-order valence-electron chi connectivity index (χ0n) is 13.2. The number of aromatic nitrogens is 1. The number of carbonyl (C=O) groups excluding carboxylic acids is 1. The summed E-state index contributed by atoms with van der Waals surface area (Å²) < 4.78 is 5.25. The smallest absolute Gasteiger partial charge is 0.253 e. The minimum atomic E-state index is 0.108. The lowest BCUT2D eigenvalue weighted by atomic mass is 9.83. The van der Waals surface area contributed by atoms with Gasteiger partial charge in [0.2, 0.25) is 0 Å². The fourth-order valence-electron chi connectivity index (χ4n) is 3.02. The lowest BCUT2D eigenvalue weighted by Crippen LogP contribution is -2.54. The molecule has 1 aromatic rings. The van der Waals surface area contributed by atoms with Gasteiger partial charge in [-0.2, -0.15) is 0 Å². The fourth-order valence-corrected chi connectivity index (χ4v) is 3.02. The van der Waals surface area contributed by atoms with Crippen molar-refractivity contribution in [2.75, 3.05) is 40.9 Å². The molecule has 0 atom stereocenters. The monoisotopic (exact) mass is 291 g/mol. The number of rotatable bonds is 5. The normalized spacial score (nSPS) is 18.0. The third-order valence-corrected chi connectivity index (χ3v) is 4.63. The van der Waals surface area contributed by atoms with Crippen LogP contribution >= 0.6 is 0 Å². The molecule has 5 nitrogen and oxygen atoms in total. The Bertz CT molecular complexity index is 454. The van der Waals surface area contributed by atoms with Crippen molar-refractivity contribution < 1.29 is 9.53 Å². The molecule has 1 amide bonds. The Balaban J connectivity index is 2.00. The van der Waals surface area contributed by atoms with Gasteiger partial charge in [0, 0.05) is 50.3 Å². The van der Waals surface area contributed by atoms with Gasteiger partial charge in [-0.3, -0.25) is 9.78 Å². The molecule has 5 heteroatoms. The molecule has 2 heterocycles. The van der Waals surface area contributed by atoms with E-state index in [1.807, 2.05) is 4.90 Å². The molecule has 0 bridgehead atoms. The number of hydrogen-bond donors (Lipinski definition) is 0. The number of methoxy groups -OCH3 is 1. The highest BCUT2D eigenvalue weighted by molar-refractivity contribution is 5.94. The van der Waals surface area contributed by atoms with Crippen LogP contribution in [0.15, 0.2) is 24.5 Å². The third-order valence-electron chi connectivity index (χ3n) is 4.63. The van der Waals surface area contributed by atoms with Gasteiger partial charge in [0.1, 0.15) is 0 Å². The molecule has 2 rings (SSSR count). The van der Waals surface area contributed by atoms with Gasteiger partial charge < -0.3 is 14.5 Å². The van der Waals surface area contributed by atoms with E-state index in [2.05, 4.69) is 24.0 Å². The van der Waals surface area contributed by atoms with Gasteiger partial charge in [-0.15, -0.1) is 0 Å². The van der Waals surface area contributed by atoms with Gasteiger partial charge in [0.05, 0.1) is 0 Å². The Kier molecular flexibility index (Phi) is 5.31. The lowest BCUT2D eigenvalue weighted by Gasteiger charge is -2.46. The molecular weight excluding hydrogens is 266 g/mol. The van der Waals surface area contributed by atoms with Crippen LogP contribution in [0, 0.1) is 0 Å². The third kappa shape index (κ3) is 3.60. The summed E-state index contributed by atoms with van der Waals surface area (Å²) in [5.41, 5.74) is 0.865. The Labute approximate surface area is 126 Å². The summed E-state index contributed by atoms with van der Waals surface area (Å²) in [6.45, 7) is 2.35. The van der Waals surface area contributed by atoms with Gasteiger partial charge >= 0.3 is 0 Å². The first-order valence-electron chi connectivity index (χ1n) is 7.45. The van der Waals surface area contributed by atoms with Gasteiger partial charge in [0.15, 0.2) is 0 Å². The highest BCUT2D eigenvalue weighted by Crippen LogP contribution is 2.31. The number of ether oxygens (including phenoxy) is 1. The molecule has 0 radical (unpaired) electrons. The SMILES string of the molecule is COCCC1(N(C)C)CCN(C(=O)c2ccncc2)CC1. The van der Waals surface area contributed by atoms with E-state index in [1.54, 1.807) is 31.6 Å². The van der Waals surface area contributed by atoms with Gasteiger partial charge in [-0.25, -0.2) is 0 Å². The van der Waals surface area contributed by atoms with Crippen molar-refractivity contribution in [3.05, 3.63) is 30.1 Å². The van der Waals surface area contributed by atoms with Crippen LogP contribution in [-0.4, -0.2) is 67.1 Å². The summed E-state index contributed by atoms with van der Waals surface area (Å²) >= 11 is 0. The summed E-state index contributed by atoms with van der Waals surface area (Å²) in [5.74, 6) is 0.108.